The van der Waals surface area contributed by atoms with Gasteiger partial charge in [-0.05, 0) is 43.5 Å². The molecule has 1 aliphatic heterocycles. The molecular formula is C23H26N2O. The second-order valence-corrected chi connectivity index (χ2v) is 7.41. The van der Waals surface area contributed by atoms with Gasteiger partial charge in [0.2, 0.25) is 5.88 Å². The first-order valence-corrected chi connectivity index (χ1v) is 9.46. The van der Waals surface area contributed by atoms with Crippen molar-refractivity contribution in [1.82, 2.24) is 9.88 Å². The van der Waals surface area contributed by atoms with Gasteiger partial charge in [0.05, 0.1) is 5.52 Å². The average molecular weight is 346 g/mol. The van der Waals surface area contributed by atoms with Crippen LogP contribution in [0.5, 0.6) is 5.88 Å². The van der Waals surface area contributed by atoms with Crippen LogP contribution in [0.1, 0.15) is 35.6 Å². The molecule has 3 nitrogen and oxygen atoms in total. The molecule has 2 heterocycles. The van der Waals surface area contributed by atoms with Gasteiger partial charge in [-0.3, -0.25) is 4.90 Å². The zero-order chi connectivity index (χ0) is 18.1. The van der Waals surface area contributed by atoms with Crippen LogP contribution in [-0.2, 0) is 13.1 Å². The summed E-state index contributed by atoms with van der Waals surface area (Å²) >= 11 is 0. The molecule has 0 N–H and O–H groups in total. The van der Waals surface area contributed by atoms with E-state index in [1.165, 1.54) is 27.6 Å². The zero-order valence-electron chi connectivity index (χ0n) is 15.8. The largest absolute Gasteiger partial charge is 0.473 e. The van der Waals surface area contributed by atoms with Gasteiger partial charge in [-0.25, -0.2) is 4.98 Å². The second-order valence-electron chi connectivity index (χ2n) is 7.41. The Morgan fingerprint density at radius 2 is 1.92 bits per heavy atom. The molecule has 0 fully saturated rings. The monoisotopic (exact) mass is 346 g/mol. The predicted octanol–water partition coefficient (Wildman–Crippen LogP) is 5.02. The SMILES string of the molecule is CC[C@@H]1CN(Cc2ccccc2)Cc2cc3cc(C)cc(C)c3nc2O1. The molecule has 1 atom stereocenters. The molecule has 3 heteroatoms. The van der Waals surface area contributed by atoms with Crippen LogP contribution >= 0.6 is 0 Å². The number of fused-ring (bicyclic) bond motifs is 2. The fourth-order valence-electron chi connectivity index (χ4n) is 3.86. The number of nitrogens with zero attached hydrogens (tertiary/aromatic N) is 2. The number of hydrogen-bond donors (Lipinski definition) is 0. The molecular weight excluding hydrogens is 320 g/mol. The summed E-state index contributed by atoms with van der Waals surface area (Å²) in [6.45, 7) is 9.19. The van der Waals surface area contributed by atoms with Crippen molar-refractivity contribution in [2.24, 2.45) is 0 Å². The van der Waals surface area contributed by atoms with Gasteiger partial charge in [-0.15, -0.1) is 0 Å². The van der Waals surface area contributed by atoms with Crippen molar-refractivity contribution < 1.29 is 4.74 Å². The van der Waals surface area contributed by atoms with Crippen LogP contribution in [0.2, 0.25) is 0 Å². The minimum absolute atomic E-state index is 0.177. The highest BCUT2D eigenvalue weighted by Gasteiger charge is 2.24. The minimum atomic E-state index is 0.177. The van der Waals surface area contributed by atoms with Crippen LogP contribution in [0.3, 0.4) is 0 Å². The normalized spacial score (nSPS) is 17.6. The van der Waals surface area contributed by atoms with E-state index >= 15 is 0 Å². The van der Waals surface area contributed by atoms with Gasteiger partial charge >= 0.3 is 0 Å². The molecule has 4 rings (SSSR count). The number of rotatable bonds is 3. The maximum atomic E-state index is 6.31. The average Bonchev–Trinajstić information content (AvgIpc) is 2.79. The lowest BCUT2D eigenvalue weighted by Crippen LogP contribution is -2.32. The number of benzene rings is 2. The van der Waals surface area contributed by atoms with Crippen LogP contribution < -0.4 is 4.74 Å². The van der Waals surface area contributed by atoms with E-state index in [9.17, 15) is 0 Å². The van der Waals surface area contributed by atoms with Gasteiger partial charge < -0.3 is 4.74 Å². The maximum absolute atomic E-state index is 6.31. The number of ether oxygens (including phenoxy) is 1. The number of aromatic nitrogens is 1. The molecule has 1 aromatic heterocycles. The molecule has 2 aromatic carbocycles. The van der Waals surface area contributed by atoms with Crippen LogP contribution in [0.25, 0.3) is 10.9 Å². The van der Waals surface area contributed by atoms with Crippen molar-refractivity contribution in [3.8, 4) is 5.88 Å². The Kier molecular flexibility index (Phi) is 4.64. The van der Waals surface area contributed by atoms with E-state index in [4.69, 9.17) is 9.72 Å². The summed E-state index contributed by atoms with van der Waals surface area (Å²) in [5, 5.41) is 1.21. The number of hydrogen-bond acceptors (Lipinski definition) is 3. The first-order valence-electron chi connectivity index (χ1n) is 9.46. The van der Waals surface area contributed by atoms with Gasteiger partial charge in [-0.1, -0.05) is 48.9 Å². The van der Waals surface area contributed by atoms with E-state index in [0.717, 1.165) is 37.5 Å². The smallest absolute Gasteiger partial charge is 0.218 e. The molecule has 0 saturated heterocycles. The zero-order valence-corrected chi connectivity index (χ0v) is 15.8. The third-order valence-corrected chi connectivity index (χ3v) is 5.13. The van der Waals surface area contributed by atoms with Gasteiger partial charge in [0, 0.05) is 30.6 Å². The van der Waals surface area contributed by atoms with Gasteiger partial charge in [0.1, 0.15) is 6.10 Å². The summed E-state index contributed by atoms with van der Waals surface area (Å²) in [6, 6.07) is 17.4. The highest BCUT2D eigenvalue weighted by atomic mass is 16.5. The van der Waals surface area contributed by atoms with Crippen molar-refractivity contribution in [3.05, 3.63) is 70.8 Å². The molecule has 1 aliphatic rings. The van der Waals surface area contributed by atoms with Gasteiger partial charge in [-0.2, -0.15) is 0 Å². The molecule has 3 aromatic rings. The number of pyridine rings is 1. The summed E-state index contributed by atoms with van der Waals surface area (Å²) < 4.78 is 6.31. The van der Waals surface area contributed by atoms with Crippen molar-refractivity contribution in [2.45, 2.75) is 46.4 Å². The minimum Gasteiger partial charge on any atom is -0.473 e. The molecule has 0 saturated carbocycles. The van der Waals surface area contributed by atoms with Crippen molar-refractivity contribution in [3.63, 3.8) is 0 Å². The summed E-state index contributed by atoms with van der Waals surface area (Å²) in [5.41, 5.74) is 6.07. The first-order chi connectivity index (χ1) is 12.6. The highest BCUT2D eigenvalue weighted by Crippen LogP contribution is 2.30. The third kappa shape index (κ3) is 3.45. The van der Waals surface area contributed by atoms with Crippen LogP contribution in [-0.4, -0.2) is 22.5 Å². The maximum Gasteiger partial charge on any atom is 0.218 e. The topological polar surface area (TPSA) is 25.4 Å². The summed E-state index contributed by atoms with van der Waals surface area (Å²) in [4.78, 5) is 7.38. The molecule has 0 unspecified atom stereocenters. The lowest BCUT2D eigenvalue weighted by molar-refractivity contribution is 0.136. The van der Waals surface area contributed by atoms with Crippen LogP contribution in [0.15, 0.2) is 48.5 Å². The van der Waals surface area contributed by atoms with E-state index in [2.05, 4.69) is 74.2 Å². The van der Waals surface area contributed by atoms with Crippen LogP contribution in [0, 0.1) is 13.8 Å². The summed E-state index contributed by atoms with van der Waals surface area (Å²) in [6.07, 6.45) is 1.16. The van der Waals surface area contributed by atoms with E-state index in [0.29, 0.717) is 0 Å². The Labute approximate surface area is 155 Å². The molecule has 0 radical (unpaired) electrons. The van der Waals surface area contributed by atoms with E-state index in [1.807, 2.05) is 0 Å². The van der Waals surface area contributed by atoms with Crippen LogP contribution in [0.4, 0.5) is 0 Å². The Bertz CT molecular complexity index is 920. The molecule has 0 aliphatic carbocycles. The van der Waals surface area contributed by atoms with Gasteiger partial charge in [0.25, 0.3) is 0 Å². The van der Waals surface area contributed by atoms with Crippen molar-refractivity contribution in [1.29, 1.82) is 0 Å². The van der Waals surface area contributed by atoms with Gasteiger partial charge in [0.15, 0.2) is 0 Å². The third-order valence-electron chi connectivity index (χ3n) is 5.13. The lowest BCUT2D eigenvalue weighted by Gasteiger charge is -2.23. The Morgan fingerprint density at radius 3 is 2.69 bits per heavy atom. The lowest BCUT2D eigenvalue weighted by atomic mass is 10.0. The Hall–Kier alpha value is -2.39. The molecule has 0 spiro atoms. The van der Waals surface area contributed by atoms with E-state index in [1.54, 1.807) is 0 Å². The second kappa shape index (κ2) is 7.08. The first kappa shape index (κ1) is 17.0. The Balaban J connectivity index is 1.72. The molecule has 26 heavy (non-hydrogen) atoms. The molecule has 134 valence electrons. The van der Waals surface area contributed by atoms with Crippen molar-refractivity contribution >= 4 is 10.9 Å². The highest BCUT2D eigenvalue weighted by molar-refractivity contribution is 5.84. The molecule has 0 amide bonds. The van der Waals surface area contributed by atoms with E-state index in [-0.39, 0.29) is 6.10 Å². The summed E-state index contributed by atoms with van der Waals surface area (Å²) in [5.74, 6) is 0.812. The van der Waals surface area contributed by atoms with E-state index < -0.39 is 0 Å². The fourth-order valence-corrected chi connectivity index (χ4v) is 3.86. The molecule has 0 bridgehead atoms. The van der Waals surface area contributed by atoms with Crippen molar-refractivity contribution in [2.75, 3.05) is 6.54 Å². The number of aryl methyl sites for hydroxylation is 2. The quantitative estimate of drug-likeness (QED) is 0.665. The summed E-state index contributed by atoms with van der Waals surface area (Å²) in [7, 11) is 0. The Morgan fingerprint density at radius 1 is 1.12 bits per heavy atom. The predicted molar refractivity (Wildman–Crippen MR) is 106 cm³/mol. The standard InChI is InChI=1S/C23H26N2O/c1-4-21-15-25(13-18-8-6-5-7-9-18)14-20-12-19-11-16(2)10-17(3)22(19)24-23(20)26-21/h5-12,21H,4,13-15H2,1-3H3/t21-/m1/s1. The fraction of sp³-hybridized carbons (Fsp3) is 0.348.